The van der Waals surface area contributed by atoms with E-state index in [2.05, 4.69) is 39.4 Å². The third-order valence-electron chi connectivity index (χ3n) is 4.16. The van der Waals surface area contributed by atoms with Crippen molar-refractivity contribution in [3.63, 3.8) is 0 Å². The maximum Gasteiger partial charge on any atom is 0.434 e. The van der Waals surface area contributed by atoms with Crippen LogP contribution in [0, 0.1) is 0 Å². The van der Waals surface area contributed by atoms with Crippen molar-refractivity contribution in [2.45, 2.75) is 58.4 Å². The molecule has 1 aromatic heterocycles. The molecule has 5 nitrogen and oxygen atoms in total. The van der Waals surface area contributed by atoms with E-state index in [1.165, 1.54) is 0 Å². The van der Waals surface area contributed by atoms with E-state index in [1.54, 1.807) is 0 Å². The molecule has 0 aromatic carbocycles. The Bertz CT molecular complexity index is 562. The number of hydrogen-bond acceptors (Lipinski definition) is 4. The van der Waals surface area contributed by atoms with E-state index in [1.807, 2.05) is 6.92 Å². The van der Waals surface area contributed by atoms with Crippen LogP contribution in [0.2, 0.25) is 0 Å². The number of hydrogen-bond donors (Lipinski definition) is 2. The van der Waals surface area contributed by atoms with Gasteiger partial charge in [0, 0.05) is 37.1 Å². The summed E-state index contributed by atoms with van der Waals surface area (Å²) in [5.41, 5.74) is -0.846. The fourth-order valence-electron chi connectivity index (χ4n) is 2.73. The number of halogens is 3. The van der Waals surface area contributed by atoms with Crippen molar-refractivity contribution in [2.24, 2.45) is 4.99 Å². The summed E-state index contributed by atoms with van der Waals surface area (Å²) in [6, 6.07) is 0.880. The fraction of sp³-hybridized carbons (Fsp3) is 0.750. The lowest BCUT2D eigenvalue weighted by atomic mass is 10.0. The van der Waals surface area contributed by atoms with Gasteiger partial charge < -0.3 is 15.5 Å². The smallest absolute Gasteiger partial charge is 0.357 e. The molecular formula is C16H26F3N5S. The molecule has 0 amide bonds. The van der Waals surface area contributed by atoms with Gasteiger partial charge in [-0.25, -0.2) is 9.98 Å². The number of guanidine groups is 1. The van der Waals surface area contributed by atoms with Crippen molar-refractivity contribution < 1.29 is 13.2 Å². The second-order valence-electron chi connectivity index (χ2n) is 6.37. The quantitative estimate of drug-likeness (QED) is 0.612. The molecule has 25 heavy (non-hydrogen) atoms. The lowest BCUT2D eigenvalue weighted by Crippen LogP contribution is -2.49. The van der Waals surface area contributed by atoms with Crippen molar-refractivity contribution in [2.75, 3.05) is 19.6 Å². The number of alkyl halides is 3. The van der Waals surface area contributed by atoms with Crippen LogP contribution in [0.3, 0.4) is 0 Å². The Balaban J connectivity index is 1.91. The van der Waals surface area contributed by atoms with Crippen LogP contribution >= 0.6 is 11.3 Å². The molecule has 1 aliphatic rings. The molecule has 0 unspecified atom stereocenters. The van der Waals surface area contributed by atoms with Gasteiger partial charge in [0.25, 0.3) is 0 Å². The molecule has 0 aliphatic carbocycles. The Kier molecular flexibility index (Phi) is 7.06. The van der Waals surface area contributed by atoms with Gasteiger partial charge in [-0.3, -0.25) is 0 Å². The van der Waals surface area contributed by atoms with Crippen LogP contribution in [0.1, 0.15) is 44.3 Å². The van der Waals surface area contributed by atoms with Crippen molar-refractivity contribution in [3.8, 4) is 0 Å². The normalized spacial score (nSPS) is 18.0. The van der Waals surface area contributed by atoms with Crippen LogP contribution < -0.4 is 10.6 Å². The number of aliphatic imine (C=N–C) groups is 1. The standard InChI is InChI=1S/C16H26F3N5S/c1-4-20-15(22-12-5-7-24(8-6-12)11(2)3)21-9-14-23-13(10-25-14)16(17,18)19/h10-12H,4-9H2,1-3H3,(H2,20,21,22). The lowest BCUT2D eigenvalue weighted by molar-refractivity contribution is -0.140. The monoisotopic (exact) mass is 377 g/mol. The van der Waals surface area contributed by atoms with E-state index in [9.17, 15) is 13.2 Å². The molecule has 0 atom stereocenters. The first kappa shape index (κ1) is 20.0. The highest BCUT2D eigenvalue weighted by Gasteiger charge is 2.33. The van der Waals surface area contributed by atoms with Crippen molar-refractivity contribution in [1.29, 1.82) is 0 Å². The van der Waals surface area contributed by atoms with Crippen molar-refractivity contribution >= 4 is 17.3 Å². The number of piperidine rings is 1. The van der Waals surface area contributed by atoms with Crippen LogP contribution in [-0.4, -0.2) is 47.6 Å². The SMILES string of the molecule is CCNC(=NCc1nc(C(F)(F)F)cs1)NC1CCN(C(C)C)CC1. The molecule has 0 spiro atoms. The van der Waals surface area contributed by atoms with Crippen molar-refractivity contribution in [3.05, 3.63) is 16.1 Å². The van der Waals surface area contributed by atoms with Crippen LogP contribution in [0.4, 0.5) is 13.2 Å². The van der Waals surface area contributed by atoms with Gasteiger partial charge in [0.05, 0.1) is 6.54 Å². The summed E-state index contributed by atoms with van der Waals surface area (Å²) < 4.78 is 37.8. The molecule has 1 saturated heterocycles. The molecule has 1 fully saturated rings. The summed E-state index contributed by atoms with van der Waals surface area (Å²) in [6.07, 6.45) is -2.35. The predicted octanol–water partition coefficient (Wildman–Crippen LogP) is 3.09. The van der Waals surface area contributed by atoms with Gasteiger partial charge in [-0.2, -0.15) is 13.2 Å². The Labute approximate surface area is 150 Å². The van der Waals surface area contributed by atoms with E-state index < -0.39 is 11.9 Å². The van der Waals surface area contributed by atoms with Crippen LogP contribution in [0.25, 0.3) is 0 Å². The number of thiazole rings is 1. The Morgan fingerprint density at radius 3 is 2.60 bits per heavy atom. The third-order valence-corrected chi connectivity index (χ3v) is 4.99. The second kappa shape index (κ2) is 8.84. The first-order valence-corrected chi connectivity index (χ1v) is 9.48. The average Bonchev–Trinajstić information content (AvgIpc) is 3.02. The Morgan fingerprint density at radius 1 is 1.40 bits per heavy atom. The molecule has 9 heteroatoms. The zero-order valence-electron chi connectivity index (χ0n) is 14.9. The molecule has 142 valence electrons. The Hall–Kier alpha value is -1.35. The summed E-state index contributed by atoms with van der Waals surface area (Å²) in [5.74, 6) is 0.634. The van der Waals surface area contributed by atoms with E-state index in [0.717, 1.165) is 42.6 Å². The maximum atomic E-state index is 12.6. The third kappa shape index (κ3) is 6.14. The minimum absolute atomic E-state index is 0.140. The van der Waals surface area contributed by atoms with Gasteiger partial charge in [0.15, 0.2) is 11.7 Å². The number of aromatic nitrogens is 1. The second-order valence-corrected chi connectivity index (χ2v) is 7.31. The highest BCUT2D eigenvalue weighted by molar-refractivity contribution is 7.09. The highest BCUT2D eigenvalue weighted by atomic mass is 32.1. The minimum atomic E-state index is -4.40. The molecule has 2 N–H and O–H groups in total. The van der Waals surface area contributed by atoms with E-state index in [0.29, 0.717) is 29.6 Å². The van der Waals surface area contributed by atoms with Gasteiger partial charge in [-0.15, -0.1) is 11.3 Å². The molecular weight excluding hydrogens is 351 g/mol. The molecule has 0 saturated carbocycles. The number of likely N-dealkylation sites (tertiary alicyclic amines) is 1. The zero-order valence-corrected chi connectivity index (χ0v) is 15.7. The minimum Gasteiger partial charge on any atom is -0.357 e. The topological polar surface area (TPSA) is 52.6 Å². The van der Waals surface area contributed by atoms with Crippen LogP contribution in [0.15, 0.2) is 10.4 Å². The van der Waals surface area contributed by atoms with Gasteiger partial charge in [-0.1, -0.05) is 0 Å². The summed E-state index contributed by atoms with van der Waals surface area (Å²) in [7, 11) is 0. The predicted molar refractivity (Wildman–Crippen MR) is 94.8 cm³/mol. The lowest BCUT2D eigenvalue weighted by Gasteiger charge is -2.35. The van der Waals surface area contributed by atoms with Crippen LogP contribution in [0.5, 0.6) is 0 Å². The van der Waals surface area contributed by atoms with Crippen LogP contribution in [-0.2, 0) is 12.7 Å². The fourth-order valence-corrected chi connectivity index (χ4v) is 3.46. The number of rotatable bonds is 5. The largest absolute Gasteiger partial charge is 0.434 e. The number of nitrogens with zero attached hydrogens (tertiary/aromatic N) is 3. The molecule has 2 heterocycles. The van der Waals surface area contributed by atoms with E-state index in [4.69, 9.17) is 0 Å². The molecule has 1 aliphatic heterocycles. The summed E-state index contributed by atoms with van der Waals surface area (Å²) in [4.78, 5) is 10.4. The first-order valence-electron chi connectivity index (χ1n) is 8.60. The molecule has 0 bridgehead atoms. The van der Waals surface area contributed by atoms with Gasteiger partial charge in [0.2, 0.25) is 0 Å². The average molecular weight is 377 g/mol. The Morgan fingerprint density at radius 2 is 2.08 bits per heavy atom. The van der Waals surface area contributed by atoms with Gasteiger partial charge in [0.1, 0.15) is 5.01 Å². The van der Waals surface area contributed by atoms with Gasteiger partial charge in [-0.05, 0) is 33.6 Å². The maximum absolute atomic E-state index is 12.6. The molecule has 0 radical (unpaired) electrons. The highest BCUT2D eigenvalue weighted by Crippen LogP contribution is 2.30. The summed E-state index contributed by atoms with van der Waals surface area (Å²) in [6.45, 7) is 9.27. The molecule has 1 aromatic rings. The first-order chi connectivity index (χ1) is 11.8. The van der Waals surface area contributed by atoms with E-state index >= 15 is 0 Å². The number of nitrogens with one attached hydrogen (secondary N) is 2. The van der Waals surface area contributed by atoms with Crippen molar-refractivity contribution in [1.82, 2.24) is 20.5 Å². The zero-order chi connectivity index (χ0) is 18.4. The summed E-state index contributed by atoms with van der Waals surface area (Å²) in [5, 5.41) is 7.94. The summed E-state index contributed by atoms with van der Waals surface area (Å²) >= 11 is 0.986. The van der Waals surface area contributed by atoms with Gasteiger partial charge >= 0.3 is 6.18 Å². The molecule has 2 rings (SSSR count). The van der Waals surface area contributed by atoms with E-state index in [-0.39, 0.29) is 6.54 Å².